The second-order valence-electron chi connectivity index (χ2n) is 4.76. The average Bonchev–Trinajstić information content (AvgIpc) is 2.88. The van der Waals surface area contributed by atoms with E-state index in [-0.39, 0.29) is 0 Å². The standard InChI is InChI=1S/C13H18O3/c1-2-12(14)16-15-9-3-6-13-7-4-11(10-13)5-8-13/h2,4,7,11H,1,3,5-6,8-10H2. The van der Waals surface area contributed by atoms with Crippen LogP contribution in [0.1, 0.15) is 32.1 Å². The first-order valence-electron chi connectivity index (χ1n) is 5.89. The molecule has 0 aromatic rings. The lowest BCUT2D eigenvalue weighted by molar-refractivity contribution is -0.268. The highest BCUT2D eigenvalue weighted by Crippen LogP contribution is 2.51. The molecule has 0 radical (unpaired) electrons. The fourth-order valence-corrected chi connectivity index (χ4v) is 2.78. The minimum absolute atomic E-state index is 0.427. The van der Waals surface area contributed by atoms with Crippen molar-refractivity contribution in [3.63, 3.8) is 0 Å². The molecule has 0 heterocycles. The summed E-state index contributed by atoms with van der Waals surface area (Å²) in [5.74, 6) is 0.291. The topological polar surface area (TPSA) is 35.5 Å². The van der Waals surface area contributed by atoms with Gasteiger partial charge in [0.05, 0.1) is 6.61 Å². The Morgan fingerprint density at radius 1 is 1.62 bits per heavy atom. The van der Waals surface area contributed by atoms with Crippen LogP contribution in [-0.2, 0) is 14.6 Å². The van der Waals surface area contributed by atoms with Crippen LogP contribution < -0.4 is 0 Å². The van der Waals surface area contributed by atoms with Gasteiger partial charge in [-0.1, -0.05) is 18.7 Å². The van der Waals surface area contributed by atoms with E-state index in [1.165, 1.54) is 19.3 Å². The molecule has 2 aliphatic rings. The van der Waals surface area contributed by atoms with Crippen molar-refractivity contribution in [3.05, 3.63) is 24.8 Å². The smallest absolute Gasteiger partial charge is 0.294 e. The molecule has 0 N–H and O–H groups in total. The Labute approximate surface area is 96.0 Å². The van der Waals surface area contributed by atoms with E-state index in [0.717, 1.165) is 24.8 Å². The molecule has 2 unspecified atom stereocenters. The van der Waals surface area contributed by atoms with Crippen LogP contribution in [0.4, 0.5) is 0 Å². The predicted octanol–water partition coefficient (Wildman–Crippen LogP) is 2.78. The van der Waals surface area contributed by atoms with Crippen molar-refractivity contribution in [1.82, 2.24) is 0 Å². The molecule has 1 saturated carbocycles. The molecule has 0 aromatic carbocycles. The van der Waals surface area contributed by atoms with Crippen molar-refractivity contribution in [3.8, 4) is 0 Å². The molecule has 88 valence electrons. The molecular formula is C13H18O3. The summed E-state index contributed by atoms with van der Waals surface area (Å²) in [6.07, 6.45) is 11.8. The van der Waals surface area contributed by atoms with Crippen LogP contribution in [0.25, 0.3) is 0 Å². The molecule has 1 fully saturated rings. The summed E-state index contributed by atoms with van der Waals surface area (Å²) in [5.41, 5.74) is 0.427. The maximum Gasteiger partial charge on any atom is 0.365 e. The van der Waals surface area contributed by atoms with Crippen LogP contribution in [0.5, 0.6) is 0 Å². The highest BCUT2D eigenvalue weighted by Gasteiger charge is 2.39. The van der Waals surface area contributed by atoms with Gasteiger partial charge >= 0.3 is 5.97 Å². The van der Waals surface area contributed by atoms with Crippen LogP contribution in [0, 0.1) is 11.3 Å². The van der Waals surface area contributed by atoms with Gasteiger partial charge in [0, 0.05) is 6.08 Å². The molecule has 0 amide bonds. The van der Waals surface area contributed by atoms with Gasteiger partial charge in [0.1, 0.15) is 0 Å². The number of hydrogen-bond donors (Lipinski definition) is 0. The predicted molar refractivity (Wildman–Crippen MR) is 60.4 cm³/mol. The Kier molecular flexibility index (Phi) is 3.44. The Hall–Kier alpha value is -1.09. The summed E-state index contributed by atoms with van der Waals surface area (Å²) < 4.78 is 0. The fraction of sp³-hybridized carbons (Fsp3) is 0.615. The monoisotopic (exact) mass is 222 g/mol. The lowest BCUT2D eigenvalue weighted by atomic mass is 9.83. The summed E-state index contributed by atoms with van der Waals surface area (Å²) in [4.78, 5) is 19.9. The van der Waals surface area contributed by atoms with Crippen LogP contribution in [0.2, 0.25) is 0 Å². The number of carbonyl (C=O) groups is 1. The Morgan fingerprint density at radius 2 is 2.50 bits per heavy atom. The zero-order valence-electron chi connectivity index (χ0n) is 9.48. The molecule has 16 heavy (non-hydrogen) atoms. The van der Waals surface area contributed by atoms with Gasteiger partial charge in [0.2, 0.25) is 0 Å². The van der Waals surface area contributed by atoms with Crippen LogP contribution in [-0.4, -0.2) is 12.6 Å². The first-order valence-corrected chi connectivity index (χ1v) is 5.89. The van der Waals surface area contributed by atoms with E-state index >= 15 is 0 Å². The molecular weight excluding hydrogens is 204 g/mol. The quantitative estimate of drug-likeness (QED) is 0.228. The van der Waals surface area contributed by atoms with Crippen molar-refractivity contribution in [1.29, 1.82) is 0 Å². The van der Waals surface area contributed by atoms with Crippen molar-refractivity contribution in [2.45, 2.75) is 32.1 Å². The van der Waals surface area contributed by atoms with Crippen LogP contribution in [0.3, 0.4) is 0 Å². The second kappa shape index (κ2) is 4.83. The zero-order chi connectivity index (χ0) is 11.4. The third kappa shape index (κ3) is 2.53. The van der Waals surface area contributed by atoms with Crippen LogP contribution in [0.15, 0.2) is 24.8 Å². The molecule has 2 aliphatic carbocycles. The second-order valence-corrected chi connectivity index (χ2v) is 4.76. The Balaban J connectivity index is 1.60. The van der Waals surface area contributed by atoms with E-state index in [1.807, 2.05) is 0 Å². The molecule has 3 nitrogen and oxygen atoms in total. The zero-order valence-corrected chi connectivity index (χ0v) is 9.48. The van der Waals surface area contributed by atoms with Crippen molar-refractivity contribution in [2.24, 2.45) is 11.3 Å². The fourth-order valence-electron chi connectivity index (χ4n) is 2.78. The molecule has 0 saturated heterocycles. The highest BCUT2D eigenvalue weighted by atomic mass is 17.2. The Bertz CT molecular complexity index is 308. The summed E-state index contributed by atoms with van der Waals surface area (Å²) in [5, 5.41) is 0. The van der Waals surface area contributed by atoms with E-state index in [9.17, 15) is 4.79 Å². The summed E-state index contributed by atoms with van der Waals surface area (Å²) in [6.45, 7) is 3.76. The maximum absolute atomic E-state index is 10.7. The van der Waals surface area contributed by atoms with Gasteiger partial charge in [-0.25, -0.2) is 4.79 Å². The number of fused-ring (bicyclic) bond motifs is 2. The molecule has 3 heteroatoms. The molecule has 2 rings (SSSR count). The lowest BCUT2D eigenvalue weighted by Gasteiger charge is -2.22. The summed E-state index contributed by atoms with van der Waals surface area (Å²) >= 11 is 0. The third-order valence-corrected chi connectivity index (χ3v) is 3.61. The largest absolute Gasteiger partial charge is 0.365 e. The van der Waals surface area contributed by atoms with E-state index < -0.39 is 5.97 Å². The molecule has 2 atom stereocenters. The van der Waals surface area contributed by atoms with Crippen molar-refractivity contribution in [2.75, 3.05) is 6.61 Å². The number of allylic oxidation sites excluding steroid dienone is 2. The van der Waals surface area contributed by atoms with E-state index in [0.29, 0.717) is 12.0 Å². The van der Waals surface area contributed by atoms with E-state index in [4.69, 9.17) is 4.89 Å². The van der Waals surface area contributed by atoms with Gasteiger partial charge in [-0.2, -0.15) is 4.89 Å². The van der Waals surface area contributed by atoms with Crippen LogP contribution >= 0.6 is 0 Å². The van der Waals surface area contributed by atoms with Crippen molar-refractivity contribution < 1.29 is 14.6 Å². The van der Waals surface area contributed by atoms with Gasteiger partial charge in [0.25, 0.3) is 0 Å². The summed E-state index contributed by atoms with van der Waals surface area (Å²) in [6, 6.07) is 0. The first-order chi connectivity index (χ1) is 7.74. The number of hydrogen-bond acceptors (Lipinski definition) is 3. The minimum Gasteiger partial charge on any atom is -0.294 e. The van der Waals surface area contributed by atoms with Gasteiger partial charge in [-0.15, -0.1) is 0 Å². The van der Waals surface area contributed by atoms with Crippen molar-refractivity contribution >= 4 is 5.97 Å². The molecule has 0 spiro atoms. The summed E-state index contributed by atoms with van der Waals surface area (Å²) in [7, 11) is 0. The maximum atomic E-state index is 10.7. The van der Waals surface area contributed by atoms with Gasteiger partial charge in [0.15, 0.2) is 0 Å². The normalized spacial score (nSPS) is 30.6. The Morgan fingerprint density at radius 3 is 3.06 bits per heavy atom. The third-order valence-electron chi connectivity index (χ3n) is 3.61. The lowest BCUT2D eigenvalue weighted by Crippen LogP contribution is -2.13. The van der Waals surface area contributed by atoms with Gasteiger partial charge in [-0.05, 0) is 43.4 Å². The SMILES string of the molecule is C=CC(=O)OOCCCC12C=CC(CC1)C2. The molecule has 0 aliphatic heterocycles. The highest BCUT2D eigenvalue weighted by molar-refractivity contribution is 5.80. The number of carbonyl (C=O) groups excluding carboxylic acids is 1. The molecule has 0 aromatic heterocycles. The van der Waals surface area contributed by atoms with E-state index in [1.54, 1.807) is 0 Å². The minimum atomic E-state index is -0.528. The molecule has 2 bridgehead atoms. The van der Waals surface area contributed by atoms with Gasteiger partial charge < -0.3 is 0 Å². The van der Waals surface area contributed by atoms with E-state index in [2.05, 4.69) is 23.6 Å². The van der Waals surface area contributed by atoms with Gasteiger partial charge in [-0.3, -0.25) is 4.89 Å². The average molecular weight is 222 g/mol. The number of rotatable bonds is 6. The first kappa shape index (κ1) is 11.4.